The number of hydrogen-bond acceptors (Lipinski definition) is 5. The number of rotatable bonds is 5. The number of Topliss-reactive ketones (excluding diaryl/α,β-unsaturated/α-hetero) is 1. The van der Waals surface area contributed by atoms with Gasteiger partial charge in [-0.25, -0.2) is 4.98 Å². The minimum absolute atomic E-state index is 0.0329. The van der Waals surface area contributed by atoms with Gasteiger partial charge in [-0.05, 0) is 56.5 Å². The van der Waals surface area contributed by atoms with E-state index in [1.807, 2.05) is 6.07 Å². The third-order valence-electron chi connectivity index (χ3n) is 3.88. The van der Waals surface area contributed by atoms with Crippen LogP contribution >= 0.6 is 11.8 Å². The van der Waals surface area contributed by atoms with Crippen molar-refractivity contribution in [3.05, 3.63) is 29.7 Å². The molecule has 2 aliphatic rings. The Bertz CT molecular complexity index is 703. The van der Waals surface area contributed by atoms with Crippen LogP contribution in [0.1, 0.15) is 60.7 Å². The van der Waals surface area contributed by atoms with Crippen LogP contribution in [0.15, 0.2) is 28.5 Å². The van der Waals surface area contributed by atoms with Crippen LogP contribution in [0.2, 0.25) is 0 Å². The van der Waals surface area contributed by atoms with Crippen LogP contribution in [0.3, 0.4) is 0 Å². The molecule has 4 rings (SSSR count). The first-order valence-corrected chi connectivity index (χ1v) is 8.14. The first-order valence-electron chi connectivity index (χ1n) is 7.32. The van der Waals surface area contributed by atoms with Crippen molar-refractivity contribution in [3.8, 4) is 0 Å². The van der Waals surface area contributed by atoms with Crippen LogP contribution in [0, 0.1) is 0 Å². The molecule has 0 radical (unpaired) electrons. The summed E-state index contributed by atoms with van der Waals surface area (Å²) in [7, 11) is 0. The maximum absolute atomic E-state index is 11.7. The van der Waals surface area contributed by atoms with Gasteiger partial charge >= 0.3 is 0 Å². The lowest BCUT2D eigenvalue weighted by Gasteiger charge is -2.09. The highest BCUT2D eigenvalue weighted by Gasteiger charge is 2.36. The molecule has 0 aromatic carbocycles. The molecule has 2 fully saturated rings. The Hall–Kier alpha value is -1.69. The van der Waals surface area contributed by atoms with Crippen LogP contribution in [0.4, 0.5) is 0 Å². The van der Waals surface area contributed by atoms with Crippen molar-refractivity contribution >= 4 is 17.5 Å². The minimum Gasteiger partial charge on any atom is -0.302 e. The lowest BCUT2D eigenvalue weighted by molar-refractivity contribution is 0.101. The number of carbonyl (C=O) groups excluding carboxylic acids is 1. The largest absolute Gasteiger partial charge is 0.302 e. The van der Waals surface area contributed by atoms with Crippen LogP contribution in [0.25, 0.3) is 0 Å². The van der Waals surface area contributed by atoms with Gasteiger partial charge in [0.25, 0.3) is 0 Å². The molecule has 108 valence electrons. The van der Waals surface area contributed by atoms with Gasteiger partial charge in [-0.1, -0.05) is 0 Å². The number of nitrogens with zero attached hydrogens (tertiary/aromatic N) is 4. The minimum atomic E-state index is 0.0329. The highest BCUT2D eigenvalue weighted by atomic mass is 32.2. The summed E-state index contributed by atoms with van der Waals surface area (Å²) >= 11 is 1.46. The van der Waals surface area contributed by atoms with E-state index < -0.39 is 0 Å². The van der Waals surface area contributed by atoms with Crippen molar-refractivity contribution < 1.29 is 4.79 Å². The van der Waals surface area contributed by atoms with Crippen molar-refractivity contribution in [1.82, 2.24) is 19.7 Å². The molecule has 2 aliphatic carbocycles. The van der Waals surface area contributed by atoms with Gasteiger partial charge in [-0.3, -0.25) is 4.79 Å². The standard InChI is InChI=1S/C15H16N4OS/c1-9(20)12-3-2-8-16-14(12)21-15-18-17-13(10-4-5-10)19(15)11-6-7-11/h2-3,8,10-11H,4-7H2,1H3. The normalized spacial score (nSPS) is 18.0. The van der Waals surface area contributed by atoms with Crippen LogP contribution in [-0.2, 0) is 0 Å². The molecule has 2 aromatic rings. The molecular formula is C15H16N4OS. The third-order valence-corrected chi connectivity index (χ3v) is 4.86. The van der Waals surface area contributed by atoms with E-state index in [2.05, 4.69) is 19.7 Å². The van der Waals surface area contributed by atoms with Crippen molar-refractivity contribution in [2.24, 2.45) is 0 Å². The molecule has 0 atom stereocenters. The van der Waals surface area contributed by atoms with E-state index in [9.17, 15) is 4.79 Å². The molecule has 2 aromatic heterocycles. The zero-order valence-corrected chi connectivity index (χ0v) is 12.6. The Labute approximate surface area is 127 Å². The Morgan fingerprint density at radius 2 is 2.10 bits per heavy atom. The average molecular weight is 300 g/mol. The molecule has 2 heterocycles. The molecule has 0 amide bonds. The van der Waals surface area contributed by atoms with E-state index in [1.165, 1.54) is 37.4 Å². The summed E-state index contributed by atoms with van der Waals surface area (Å²) in [6.45, 7) is 1.57. The van der Waals surface area contributed by atoms with Gasteiger partial charge in [0.1, 0.15) is 10.9 Å². The summed E-state index contributed by atoms with van der Waals surface area (Å²) in [6, 6.07) is 4.15. The molecular weight excluding hydrogens is 284 g/mol. The first-order chi connectivity index (χ1) is 10.2. The second-order valence-corrected chi connectivity index (χ2v) is 6.69. The Kier molecular flexibility index (Phi) is 3.06. The van der Waals surface area contributed by atoms with Crippen molar-refractivity contribution in [1.29, 1.82) is 0 Å². The predicted octanol–water partition coefficient (Wildman–Crippen LogP) is 3.24. The van der Waals surface area contributed by atoms with E-state index in [4.69, 9.17) is 0 Å². The number of carbonyl (C=O) groups is 1. The van der Waals surface area contributed by atoms with Gasteiger partial charge in [0.15, 0.2) is 10.9 Å². The van der Waals surface area contributed by atoms with Crippen molar-refractivity contribution in [2.75, 3.05) is 0 Å². The SMILES string of the molecule is CC(=O)c1cccnc1Sc1nnc(C2CC2)n1C1CC1. The van der Waals surface area contributed by atoms with Gasteiger partial charge in [-0.15, -0.1) is 10.2 Å². The Morgan fingerprint density at radius 3 is 2.76 bits per heavy atom. The quantitative estimate of drug-likeness (QED) is 0.793. The summed E-state index contributed by atoms with van der Waals surface area (Å²) in [4.78, 5) is 16.1. The molecule has 6 heteroatoms. The fourth-order valence-corrected chi connectivity index (χ4v) is 3.51. The highest BCUT2D eigenvalue weighted by molar-refractivity contribution is 7.99. The maximum atomic E-state index is 11.7. The molecule has 0 N–H and O–H groups in total. The summed E-state index contributed by atoms with van der Waals surface area (Å²) in [5.41, 5.74) is 0.654. The number of aromatic nitrogens is 4. The maximum Gasteiger partial charge on any atom is 0.197 e. The first kappa shape index (κ1) is 13.0. The van der Waals surface area contributed by atoms with Crippen LogP contribution < -0.4 is 0 Å². The van der Waals surface area contributed by atoms with Gasteiger partial charge in [-0.2, -0.15) is 0 Å². The summed E-state index contributed by atoms with van der Waals surface area (Å²) in [5.74, 6) is 1.74. The van der Waals surface area contributed by atoms with Crippen molar-refractivity contribution in [2.45, 2.75) is 54.7 Å². The van der Waals surface area contributed by atoms with Gasteiger partial charge in [0.05, 0.1) is 0 Å². The molecule has 0 bridgehead atoms. The zero-order chi connectivity index (χ0) is 14.4. The fourth-order valence-electron chi connectivity index (χ4n) is 2.48. The monoisotopic (exact) mass is 300 g/mol. The smallest absolute Gasteiger partial charge is 0.197 e. The lowest BCUT2D eigenvalue weighted by Crippen LogP contribution is -2.03. The Balaban J connectivity index is 1.70. The zero-order valence-electron chi connectivity index (χ0n) is 11.8. The molecule has 0 unspecified atom stereocenters. The second kappa shape index (κ2) is 4.94. The molecule has 21 heavy (non-hydrogen) atoms. The van der Waals surface area contributed by atoms with E-state index >= 15 is 0 Å². The average Bonchev–Trinajstić information content (AvgIpc) is 3.39. The highest BCUT2D eigenvalue weighted by Crippen LogP contribution is 2.46. The van der Waals surface area contributed by atoms with Gasteiger partial charge in [0, 0.05) is 23.7 Å². The summed E-state index contributed by atoms with van der Waals surface area (Å²) in [5, 5.41) is 10.3. The van der Waals surface area contributed by atoms with Crippen molar-refractivity contribution in [3.63, 3.8) is 0 Å². The summed E-state index contributed by atoms with van der Waals surface area (Å²) < 4.78 is 2.28. The number of hydrogen-bond donors (Lipinski definition) is 0. The van der Waals surface area contributed by atoms with Gasteiger partial charge < -0.3 is 4.57 Å². The third kappa shape index (κ3) is 2.48. The van der Waals surface area contributed by atoms with E-state index in [0.29, 0.717) is 17.5 Å². The molecule has 0 aliphatic heterocycles. The van der Waals surface area contributed by atoms with Crippen LogP contribution in [-0.4, -0.2) is 25.5 Å². The molecule has 2 saturated carbocycles. The predicted molar refractivity (Wildman–Crippen MR) is 78.6 cm³/mol. The van der Waals surface area contributed by atoms with E-state index in [1.54, 1.807) is 19.2 Å². The topological polar surface area (TPSA) is 60.7 Å². The van der Waals surface area contributed by atoms with E-state index in [0.717, 1.165) is 16.0 Å². The summed E-state index contributed by atoms with van der Waals surface area (Å²) in [6.07, 6.45) is 6.56. The Morgan fingerprint density at radius 1 is 1.29 bits per heavy atom. The molecule has 5 nitrogen and oxygen atoms in total. The fraction of sp³-hybridized carbons (Fsp3) is 0.467. The van der Waals surface area contributed by atoms with Gasteiger partial charge in [0.2, 0.25) is 0 Å². The number of ketones is 1. The molecule has 0 saturated heterocycles. The van der Waals surface area contributed by atoms with E-state index in [-0.39, 0.29) is 5.78 Å². The lowest BCUT2D eigenvalue weighted by atomic mass is 10.2. The van der Waals surface area contributed by atoms with Crippen LogP contribution in [0.5, 0.6) is 0 Å². The molecule has 0 spiro atoms. The second-order valence-electron chi connectivity index (χ2n) is 5.73. The number of pyridine rings is 1.